The zero-order valence-corrected chi connectivity index (χ0v) is 14.4. The van der Waals surface area contributed by atoms with Gasteiger partial charge in [-0.1, -0.05) is 11.8 Å². The second-order valence-corrected chi connectivity index (χ2v) is 7.51. The molecule has 0 aromatic heterocycles. The van der Waals surface area contributed by atoms with Crippen molar-refractivity contribution in [1.82, 2.24) is 4.90 Å². The minimum Gasteiger partial charge on any atom is -0.611 e. The van der Waals surface area contributed by atoms with Gasteiger partial charge < -0.3 is 4.55 Å². The maximum Gasteiger partial charge on any atom is 0.433 e. The molecule has 0 N–H and O–H groups in total. The van der Waals surface area contributed by atoms with E-state index in [4.69, 9.17) is 0 Å². The second-order valence-electron chi connectivity index (χ2n) is 5.15. The van der Waals surface area contributed by atoms with Crippen LogP contribution in [0.3, 0.4) is 0 Å². The summed E-state index contributed by atoms with van der Waals surface area (Å²) in [5, 5.41) is 0.481. The van der Waals surface area contributed by atoms with Gasteiger partial charge in [-0.25, -0.2) is 4.99 Å². The van der Waals surface area contributed by atoms with Crippen molar-refractivity contribution in [1.29, 1.82) is 0 Å². The molecule has 1 aliphatic rings. The Kier molecular flexibility index (Phi) is 5.32. The maximum atomic E-state index is 12.5. The highest BCUT2D eigenvalue weighted by molar-refractivity contribution is 8.15. The number of halogens is 3. The average Bonchev–Trinajstić information content (AvgIpc) is 2.71. The zero-order chi connectivity index (χ0) is 17.4. The number of hydrogen-bond acceptors (Lipinski definition) is 4. The van der Waals surface area contributed by atoms with E-state index in [1.165, 1.54) is 22.7 Å². The third-order valence-electron chi connectivity index (χ3n) is 3.24. The van der Waals surface area contributed by atoms with E-state index < -0.39 is 23.1 Å². The van der Waals surface area contributed by atoms with E-state index in [0.29, 0.717) is 16.4 Å². The molecule has 0 aliphatic carbocycles. The van der Waals surface area contributed by atoms with Gasteiger partial charge in [0.2, 0.25) is 11.7 Å². The number of alkyl halides is 3. The molecule has 1 unspecified atom stereocenters. The lowest BCUT2D eigenvalue weighted by Crippen LogP contribution is -2.24. The molecule has 1 saturated heterocycles. The molecular weight excluding hydrogens is 349 g/mol. The molecule has 2 rings (SSSR count). The molecule has 1 heterocycles. The van der Waals surface area contributed by atoms with Gasteiger partial charge >= 0.3 is 6.18 Å². The van der Waals surface area contributed by atoms with Crippen molar-refractivity contribution in [3.8, 4) is 0 Å². The average molecular weight is 364 g/mol. The number of benzene rings is 1. The van der Waals surface area contributed by atoms with Gasteiger partial charge in [0.05, 0.1) is 11.4 Å². The number of carbonyl (C=O) groups is 1. The highest BCUT2D eigenvalue weighted by Crippen LogP contribution is 2.31. The van der Waals surface area contributed by atoms with Gasteiger partial charge in [0, 0.05) is 18.7 Å². The van der Waals surface area contributed by atoms with Gasteiger partial charge in [-0.15, -0.1) is 0 Å². The Labute approximate surface area is 139 Å². The van der Waals surface area contributed by atoms with Gasteiger partial charge in [0.1, 0.15) is 0 Å². The van der Waals surface area contributed by atoms with Crippen LogP contribution in [0.5, 0.6) is 0 Å². The lowest BCUT2D eigenvalue weighted by Gasteiger charge is -2.16. The Morgan fingerprint density at radius 3 is 2.52 bits per heavy atom. The zero-order valence-electron chi connectivity index (χ0n) is 12.7. The van der Waals surface area contributed by atoms with Gasteiger partial charge in [0.15, 0.2) is 10.1 Å². The summed E-state index contributed by atoms with van der Waals surface area (Å²) in [6.07, 6.45) is -4.50. The number of nitrogens with zero attached hydrogens (tertiary/aromatic N) is 2. The van der Waals surface area contributed by atoms with Crippen molar-refractivity contribution < 1.29 is 22.5 Å². The van der Waals surface area contributed by atoms with E-state index in [1.54, 1.807) is 27.0 Å². The number of hydrogen-bond donors (Lipinski definition) is 0. The number of aryl methyl sites for hydroxylation is 2. The van der Waals surface area contributed by atoms with Gasteiger partial charge in [-0.05, 0) is 36.7 Å². The highest BCUT2D eigenvalue weighted by Gasteiger charge is 2.36. The molecule has 4 nitrogen and oxygen atoms in total. The summed E-state index contributed by atoms with van der Waals surface area (Å²) in [5.74, 6) is -1.19. The number of thioether (sulfide) groups is 1. The first kappa shape index (κ1) is 18.2. The standard InChI is InChI=1S/C14H15F3N2O2S2/c1-8-4-9(2)11(23(21)7-14(15,16)17)5-10(8)18-13-19(3)12(20)6-22-13/h4-5H,6-7H2,1-3H3/b18-13-. The van der Waals surface area contributed by atoms with E-state index in [1.807, 2.05) is 0 Å². The van der Waals surface area contributed by atoms with Crippen LogP contribution in [-0.4, -0.2) is 45.3 Å². The fourth-order valence-corrected chi connectivity index (χ4v) is 4.07. The number of rotatable bonds is 3. The van der Waals surface area contributed by atoms with E-state index in [9.17, 15) is 22.5 Å². The molecule has 0 radical (unpaired) electrons. The van der Waals surface area contributed by atoms with E-state index in [-0.39, 0.29) is 16.6 Å². The molecule has 1 aromatic carbocycles. The third kappa shape index (κ3) is 4.42. The lowest BCUT2D eigenvalue weighted by molar-refractivity contribution is -0.123. The molecule has 126 valence electrons. The topological polar surface area (TPSA) is 55.7 Å². The quantitative estimate of drug-likeness (QED) is 0.774. The number of carbonyl (C=O) groups excluding carboxylic acids is 1. The maximum absolute atomic E-state index is 12.5. The lowest BCUT2D eigenvalue weighted by atomic mass is 10.1. The summed E-state index contributed by atoms with van der Waals surface area (Å²) in [7, 11) is 1.59. The third-order valence-corrected chi connectivity index (χ3v) is 5.77. The van der Waals surface area contributed by atoms with Gasteiger partial charge in [-0.3, -0.25) is 9.69 Å². The molecule has 1 aliphatic heterocycles. The fourth-order valence-electron chi connectivity index (χ4n) is 2.05. The van der Waals surface area contributed by atoms with Crippen molar-refractivity contribution >= 4 is 39.7 Å². The normalized spacial score (nSPS) is 18.8. The van der Waals surface area contributed by atoms with Crippen LogP contribution < -0.4 is 0 Å². The molecule has 0 bridgehead atoms. The van der Waals surface area contributed by atoms with Crippen LogP contribution >= 0.6 is 11.8 Å². The summed E-state index contributed by atoms with van der Waals surface area (Å²) < 4.78 is 49.3. The van der Waals surface area contributed by atoms with Crippen LogP contribution in [0.4, 0.5) is 18.9 Å². The van der Waals surface area contributed by atoms with E-state index in [0.717, 1.165) is 5.56 Å². The van der Waals surface area contributed by atoms with Crippen LogP contribution in [0, 0.1) is 13.8 Å². The highest BCUT2D eigenvalue weighted by atomic mass is 32.2. The van der Waals surface area contributed by atoms with Crippen LogP contribution in [-0.2, 0) is 16.0 Å². The summed E-state index contributed by atoms with van der Waals surface area (Å²) >= 11 is -0.922. The smallest absolute Gasteiger partial charge is 0.433 e. The number of amidine groups is 1. The number of aliphatic imine (C=N–C) groups is 1. The van der Waals surface area contributed by atoms with Crippen molar-refractivity contribution in [3.63, 3.8) is 0 Å². The summed E-state index contributed by atoms with van der Waals surface area (Å²) in [6, 6.07) is 3.07. The van der Waals surface area contributed by atoms with Crippen LogP contribution in [0.25, 0.3) is 0 Å². The summed E-state index contributed by atoms with van der Waals surface area (Å²) in [4.78, 5) is 17.3. The molecule has 23 heavy (non-hydrogen) atoms. The molecule has 9 heteroatoms. The van der Waals surface area contributed by atoms with Gasteiger partial charge in [0.25, 0.3) is 0 Å². The second kappa shape index (κ2) is 6.74. The Hall–Kier alpha value is -1.19. The first-order valence-electron chi connectivity index (χ1n) is 6.63. The molecule has 1 amide bonds. The van der Waals surface area contributed by atoms with Crippen LogP contribution in [0.2, 0.25) is 0 Å². The molecule has 1 atom stereocenters. The van der Waals surface area contributed by atoms with E-state index >= 15 is 0 Å². The Bertz CT molecular complexity index is 662. The van der Waals surface area contributed by atoms with Crippen molar-refractivity contribution in [2.24, 2.45) is 4.99 Å². The SMILES string of the molecule is Cc1cc(C)c([S+]([O-])CC(F)(F)F)cc1/N=C1\SCC(=O)N1C. The fraction of sp³-hybridized carbons (Fsp3) is 0.429. The largest absolute Gasteiger partial charge is 0.611 e. The Balaban J connectivity index is 2.37. The summed E-state index contributed by atoms with van der Waals surface area (Å²) in [6.45, 7) is 3.39. The van der Waals surface area contributed by atoms with Crippen molar-refractivity contribution in [2.75, 3.05) is 18.6 Å². The monoisotopic (exact) mass is 364 g/mol. The first-order chi connectivity index (χ1) is 10.6. The van der Waals surface area contributed by atoms with E-state index in [2.05, 4.69) is 4.99 Å². The van der Waals surface area contributed by atoms with Crippen molar-refractivity contribution in [2.45, 2.75) is 24.9 Å². The summed E-state index contributed by atoms with van der Waals surface area (Å²) in [5.41, 5.74) is 1.69. The molecule has 1 fully saturated rings. The van der Waals surface area contributed by atoms with Crippen LogP contribution in [0.15, 0.2) is 22.0 Å². The van der Waals surface area contributed by atoms with Crippen molar-refractivity contribution in [3.05, 3.63) is 23.3 Å². The predicted molar refractivity (Wildman–Crippen MR) is 85.6 cm³/mol. The predicted octanol–water partition coefficient (Wildman–Crippen LogP) is 3.17. The Morgan fingerprint density at radius 1 is 1.35 bits per heavy atom. The molecular formula is C14H15F3N2O2S2. The first-order valence-corrected chi connectivity index (χ1v) is 8.93. The van der Waals surface area contributed by atoms with Crippen LogP contribution in [0.1, 0.15) is 11.1 Å². The minimum atomic E-state index is -4.50. The Morgan fingerprint density at radius 2 is 2.00 bits per heavy atom. The van der Waals surface area contributed by atoms with Gasteiger partial charge in [-0.2, -0.15) is 13.2 Å². The number of amides is 1. The minimum absolute atomic E-state index is 0.0839. The molecule has 0 saturated carbocycles. The molecule has 1 aromatic rings. The molecule has 0 spiro atoms.